The van der Waals surface area contributed by atoms with Crippen LogP contribution in [0.15, 0.2) is 36.9 Å². The maximum absolute atomic E-state index is 12.5. The molecule has 0 radical (unpaired) electrons. The summed E-state index contributed by atoms with van der Waals surface area (Å²) in [5, 5.41) is 0.657. The van der Waals surface area contributed by atoms with Crippen molar-refractivity contribution in [2.24, 2.45) is 5.92 Å². The molecule has 0 saturated carbocycles. The molecule has 2 rings (SSSR count). The van der Waals surface area contributed by atoms with Gasteiger partial charge in [0.2, 0.25) is 0 Å². The van der Waals surface area contributed by atoms with Gasteiger partial charge in [-0.15, -0.1) is 6.58 Å². The lowest BCUT2D eigenvalue weighted by Gasteiger charge is -2.32. The Morgan fingerprint density at radius 2 is 2.00 bits per heavy atom. The van der Waals surface area contributed by atoms with Crippen LogP contribution in [0.4, 0.5) is 0 Å². The first-order chi connectivity index (χ1) is 12.6. The molecular formula is C21H31ClN2O2. The zero-order valence-corrected chi connectivity index (χ0v) is 16.6. The van der Waals surface area contributed by atoms with E-state index in [0.29, 0.717) is 16.5 Å². The predicted octanol–water partition coefficient (Wildman–Crippen LogP) is 4.11. The van der Waals surface area contributed by atoms with Crippen molar-refractivity contribution >= 4 is 17.5 Å². The first-order valence-electron chi connectivity index (χ1n) is 9.52. The third-order valence-corrected chi connectivity index (χ3v) is 5.12. The maximum atomic E-state index is 12.5. The molecule has 1 saturated heterocycles. The summed E-state index contributed by atoms with van der Waals surface area (Å²) in [7, 11) is 2.11. The van der Waals surface area contributed by atoms with Crippen molar-refractivity contribution in [3.63, 3.8) is 0 Å². The number of likely N-dealkylation sites (tertiary alicyclic amines) is 1. The summed E-state index contributed by atoms with van der Waals surface area (Å²) in [6, 6.07) is 7.13. The molecular weight excluding hydrogens is 348 g/mol. The fourth-order valence-electron chi connectivity index (χ4n) is 3.23. The minimum Gasteiger partial charge on any atom is -0.381 e. The van der Waals surface area contributed by atoms with E-state index in [1.807, 2.05) is 11.0 Å². The molecule has 0 unspecified atom stereocenters. The highest BCUT2D eigenvalue weighted by atomic mass is 35.5. The summed E-state index contributed by atoms with van der Waals surface area (Å²) in [6.07, 6.45) is 6.21. The third kappa shape index (κ3) is 7.10. The molecule has 0 aromatic heterocycles. The van der Waals surface area contributed by atoms with E-state index in [1.165, 1.54) is 0 Å². The van der Waals surface area contributed by atoms with Gasteiger partial charge in [0.15, 0.2) is 0 Å². The van der Waals surface area contributed by atoms with Crippen LogP contribution in [-0.2, 0) is 4.74 Å². The number of hydrogen-bond donors (Lipinski definition) is 0. The van der Waals surface area contributed by atoms with Crippen LogP contribution in [-0.4, -0.2) is 62.1 Å². The number of nitrogens with zero attached hydrogens (tertiary/aromatic N) is 2. The van der Waals surface area contributed by atoms with Crippen LogP contribution in [0, 0.1) is 5.92 Å². The molecule has 1 aromatic rings. The van der Waals surface area contributed by atoms with E-state index < -0.39 is 0 Å². The van der Waals surface area contributed by atoms with Crippen molar-refractivity contribution in [2.75, 3.05) is 46.4 Å². The van der Waals surface area contributed by atoms with E-state index in [0.717, 1.165) is 65.1 Å². The minimum absolute atomic E-state index is 0.102. The van der Waals surface area contributed by atoms with Crippen LogP contribution in [0.5, 0.6) is 0 Å². The number of ether oxygens (including phenoxy) is 1. The highest BCUT2D eigenvalue weighted by Gasteiger charge is 2.23. The maximum Gasteiger partial charge on any atom is 0.253 e. The zero-order valence-electron chi connectivity index (χ0n) is 15.8. The van der Waals surface area contributed by atoms with Crippen molar-refractivity contribution in [3.8, 4) is 0 Å². The van der Waals surface area contributed by atoms with E-state index in [2.05, 4.69) is 18.5 Å². The van der Waals surface area contributed by atoms with E-state index in [1.54, 1.807) is 24.3 Å². The van der Waals surface area contributed by atoms with Gasteiger partial charge in [-0.2, -0.15) is 0 Å². The quantitative estimate of drug-likeness (QED) is 0.453. The normalized spacial score (nSPS) is 15.4. The van der Waals surface area contributed by atoms with Gasteiger partial charge in [-0.1, -0.05) is 17.7 Å². The van der Waals surface area contributed by atoms with Crippen molar-refractivity contribution in [1.29, 1.82) is 0 Å². The van der Waals surface area contributed by atoms with E-state index in [-0.39, 0.29) is 5.91 Å². The number of carbonyl (C=O) groups is 1. The van der Waals surface area contributed by atoms with Gasteiger partial charge in [0, 0.05) is 43.4 Å². The second-order valence-corrected chi connectivity index (χ2v) is 7.51. The number of hydrogen-bond acceptors (Lipinski definition) is 3. The second-order valence-electron chi connectivity index (χ2n) is 7.08. The fourth-order valence-corrected chi connectivity index (χ4v) is 3.35. The molecule has 144 valence electrons. The molecule has 0 aliphatic carbocycles. The lowest BCUT2D eigenvalue weighted by molar-refractivity contribution is 0.0513. The summed E-state index contributed by atoms with van der Waals surface area (Å²) in [5.74, 6) is 0.664. The highest BCUT2D eigenvalue weighted by molar-refractivity contribution is 6.30. The molecule has 4 nitrogen and oxygen atoms in total. The third-order valence-electron chi connectivity index (χ3n) is 4.87. The topological polar surface area (TPSA) is 32.8 Å². The monoisotopic (exact) mass is 378 g/mol. The highest BCUT2D eigenvalue weighted by Crippen LogP contribution is 2.20. The zero-order chi connectivity index (χ0) is 18.8. The number of halogens is 1. The van der Waals surface area contributed by atoms with Gasteiger partial charge in [0.1, 0.15) is 0 Å². The number of benzene rings is 1. The van der Waals surface area contributed by atoms with E-state index in [9.17, 15) is 4.79 Å². The van der Waals surface area contributed by atoms with Gasteiger partial charge in [0.25, 0.3) is 5.91 Å². The summed E-state index contributed by atoms with van der Waals surface area (Å²) in [6.45, 7) is 9.02. The van der Waals surface area contributed by atoms with Gasteiger partial charge >= 0.3 is 0 Å². The summed E-state index contributed by atoms with van der Waals surface area (Å²) in [4.78, 5) is 16.7. The van der Waals surface area contributed by atoms with Gasteiger partial charge < -0.3 is 14.5 Å². The minimum atomic E-state index is 0.102. The van der Waals surface area contributed by atoms with Crippen molar-refractivity contribution in [3.05, 3.63) is 47.5 Å². The Labute approximate surface area is 162 Å². The Morgan fingerprint density at radius 1 is 1.31 bits per heavy atom. The summed E-state index contributed by atoms with van der Waals surface area (Å²) < 4.78 is 5.85. The summed E-state index contributed by atoms with van der Waals surface area (Å²) >= 11 is 5.89. The second kappa shape index (κ2) is 11.4. The molecule has 1 aromatic carbocycles. The molecule has 0 bridgehead atoms. The molecule has 1 aliphatic heterocycles. The summed E-state index contributed by atoms with van der Waals surface area (Å²) in [5.41, 5.74) is 0.713. The Morgan fingerprint density at radius 3 is 2.65 bits per heavy atom. The molecule has 1 fully saturated rings. The van der Waals surface area contributed by atoms with Gasteiger partial charge in [-0.05, 0) is 69.5 Å². The van der Waals surface area contributed by atoms with Crippen LogP contribution in [0.2, 0.25) is 5.02 Å². The Balaban J connectivity index is 1.58. The molecule has 26 heavy (non-hydrogen) atoms. The molecule has 1 amide bonds. The largest absolute Gasteiger partial charge is 0.381 e. The average Bonchev–Trinajstić information content (AvgIpc) is 2.65. The molecule has 1 aliphatic rings. The number of carbonyl (C=O) groups excluding carboxylic acids is 1. The van der Waals surface area contributed by atoms with E-state index in [4.69, 9.17) is 16.3 Å². The van der Waals surface area contributed by atoms with Crippen LogP contribution in [0.1, 0.15) is 36.0 Å². The van der Waals surface area contributed by atoms with Crippen LogP contribution in [0.3, 0.4) is 0 Å². The number of rotatable bonds is 10. The number of amides is 1. The standard InChI is InChI=1S/C21H31ClN2O2/c1-3-12-23(2)13-4-5-16-26-17-18-10-14-24(15-11-18)21(25)19-6-8-20(22)9-7-19/h3,6-9,18H,1,4-5,10-17H2,2H3. The average molecular weight is 379 g/mol. The SMILES string of the molecule is C=CCN(C)CCCCOCC1CCN(C(=O)c2ccc(Cl)cc2)CC1. The van der Waals surface area contributed by atoms with Crippen LogP contribution in [0.25, 0.3) is 0 Å². The lowest BCUT2D eigenvalue weighted by atomic mass is 9.97. The molecule has 1 heterocycles. The molecule has 0 spiro atoms. The molecule has 0 atom stereocenters. The molecule has 5 heteroatoms. The predicted molar refractivity (Wildman–Crippen MR) is 108 cm³/mol. The van der Waals surface area contributed by atoms with Crippen LogP contribution >= 0.6 is 11.6 Å². The number of unbranched alkanes of at least 4 members (excludes halogenated alkanes) is 1. The van der Waals surface area contributed by atoms with Gasteiger partial charge in [-0.25, -0.2) is 0 Å². The first-order valence-corrected chi connectivity index (χ1v) is 9.90. The van der Waals surface area contributed by atoms with Crippen molar-refractivity contribution < 1.29 is 9.53 Å². The first kappa shape index (κ1) is 20.9. The number of piperidine rings is 1. The van der Waals surface area contributed by atoms with Gasteiger partial charge in [-0.3, -0.25) is 4.79 Å². The van der Waals surface area contributed by atoms with Crippen molar-refractivity contribution in [2.45, 2.75) is 25.7 Å². The smallest absolute Gasteiger partial charge is 0.253 e. The number of likely N-dealkylation sites (N-methyl/N-ethyl adjacent to an activating group) is 1. The van der Waals surface area contributed by atoms with Crippen LogP contribution < -0.4 is 0 Å². The Bertz CT molecular complexity index is 554. The van der Waals surface area contributed by atoms with Crippen molar-refractivity contribution in [1.82, 2.24) is 9.80 Å². The lowest BCUT2D eigenvalue weighted by Crippen LogP contribution is -2.39. The van der Waals surface area contributed by atoms with E-state index >= 15 is 0 Å². The fraction of sp³-hybridized carbons (Fsp3) is 0.571. The van der Waals surface area contributed by atoms with Gasteiger partial charge in [0.05, 0.1) is 0 Å². The molecule has 0 N–H and O–H groups in total. The Kier molecular flexibility index (Phi) is 9.16. The Hall–Kier alpha value is -1.36.